The molecule has 6 aromatic carbocycles. The van der Waals surface area contributed by atoms with Gasteiger partial charge in [-0.2, -0.15) is 70.6 Å². The van der Waals surface area contributed by atoms with Crippen molar-refractivity contribution in [2.45, 2.75) is 120 Å². The van der Waals surface area contributed by atoms with Gasteiger partial charge in [-0.05, 0) is 357 Å². The van der Waals surface area contributed by atoms with Crippen molar-refractivity contribution in [3.63, 3.8) is 0 Å². The molecule has 10 rings (SSSR count). The Morgan fingerprint density at radius 1 is 0.248 bits per heavy atom. The van der Waals surface area contributed by atoms with E-state index in [4.69, 9.17) is 9.47 Å². The molecule has 0 bridgehead atoms. The zero-order valence-electron chi connectivity index (χ0n) is 77.8. The third kappa shape index (κ3) is 58.5. The summed E-state index contributed by atoms with van der Waals surface area (Å²) >= 11 is 12.0. The molecule has 682 valence electrons. The van der Waals surface area contributed by atoms with Gasteiger partial charge in [0.2, 0.25) is 0 Å². The molecule has 6 aromatic rings. The maximum atomic E-state index is 5.45. The van der Waals surface area contributed by atoms with Crippen LogP contribution in [0.2, 0.25) is 0 Å². The molecular formula is C101H170N12O2S6. The number of anilines is 3. The van der Waals surface area contributed by atoms with E-state index in [-0.39, 0.29) is 0 Å². The summed E-state index contributed by atoms with van der Waals surface area (Å²) in [5.74, 6) is 10.9. The Morgan fingerprint density at radius 2 is 0.471 bits per heavy atom. The van der Waals surface area contributed by atoms with Gasteiger partial charge in [0.15, 0.2) is 0 Å². The van der Waals surface area contributed by atoms with E-state index < -0.39 is 0 Å². The van der Waals surface area contributed by atoms with Crippen molar-refractivity contribution in [3.05, 3.63) is 199 Å². The highest BCUT2D eigenvalue weighted by Gasteiger charge is 2.17. The Bertz CT molecular complexity index is 3170. The summed E-state index contributed by atoms with van der Waals surface area (Å²) in [5.41, 5.74) is 8.36. The Kier molecular flexibility index (Phi) is 67.2. The van der Waals surface area contributed by atoms with Gasteiger partial charge in [0.1, 0.15) is 0 Å². The van der Waals surface area contributed by atoms with Crippen molar-refractivity contribution in [1.82, 2.24) is 44.1 Å². The molecule has 4 saturated heterocycles. The minimum absolute atomic E-state index is 0.890. The summed E-state index contributed by atoms with van der Waals surface area (Å²) in [6.07, 6.45) is 27.4. The molecule has 0 unspecified atom stereocenters. The Balaban J connectivity index is 0.000000264. The first-order chi connectivity index (χ1) is 59.4. The highest BCUT2D eigenvalue weighted by atomic mass is 32.2. The average Bonchev–Trinajstić information content (AvgIpc) is 1.09. The Hall–Kier alpha value is -3.62. The van der Waals surface area contributed by atoms with E-state index in [0.29, 0.717) is 0 Å². The number of thioether (sulfide) groups is 6. The van der Waals surface area contributed by atoms with Crippen molar-refractivity contribution in [3.8, 4) is 0 Å². The number of hydrogen-bond acceptors (Lipinski definition) is 20. The van der Waals surface area contributed by atoms with E-state index in [0.717, 1.165) is 109 Å². The normalized spacial score (nSPS) is 14.5. The average molecular weight is 1780 g/mol. The van der Waals surface area contributed by atoms with E-state index in [9.17, 15) is 0 Å². The van der Waals surface area contributed by atoms with Gasteiger partial charge in [-0.15, -0.1) is 0 Å². The minimum Gasteiger partial charge on any atom is -0.379 e. The number of nitrogens with zero attached hydrogens (tertiary/aromatic N) is 12. The van der Waals surface area contributed by atoms with Crippen molar-refractivity contribution < 1.29 is 9.47 Å². The van der Waals surface area contributed by atoms with E-state index in [1.807, 2.05) is 58.8 Å². The van der Waals surface area contributed by atoms with Crippen LogP contribution in [0.25, 0.3) is 0 Å². The summed E-state index contributed by atoms with van der Waals surface area (Å²) in [4.78, 5) is 29.8. The standard InChI is InChI=1S/C23H32N2OS.C23H32N2S.C21H30N2S.C12H26N2OS.C12H26N2S.C10H24N2S/c1-3-9-22(10-4-1)21-27-20-8-15-25(23-11-5-2-6-12-23)14-7-13-24-16-18-26-19-17-24;1-3-11-22(12-4-1)21-26-20-10-19-25(23-13-5-2-6-14-23)18-9-17-24-15-7-8-16-24;1-22(2)15-9-16-23(21-13-7-4-8-14-21)17-10-18-24-19-20-11-5-3-6-12-20;1-13(6-4-12-16-2)5-3-7-14-8-10-15-11-9-14;1-13(8-6-12-15-2)7-5-11-14-9-3-4-10-14;1-11(2)7-5-8-12(3)9-6-10-13-4/h1-6,9-12H,7-8,13-21H2;1-6,11-14H,7-10,15-21H2;3-8,11-14H,9-10,15-19H2,1-2H3;3-12H2,1-2H3;3-12H2,1-2H3;5-10H2,1-4H3. The monoisotopic (exact) mass is 1780 g/mol. The zero-order chi connectivity index (χ0) is 86.2. The second-order valence-corrected chi connectivity index (χ2v) is 39.6. The molecule has 20 heteroatoms. The predicted octanol–water partition coefficient (Wildman–Crippen LogP) is 19.8. The number of hydrogen-bond donors (Lipinski definition) is 0. The van der Waals surface area contributed by atoms with E-state index in [2.05, 4.69) is 321 Å². The fraction of sp³-hybridized carbons (Fsp3) is 0.644. The first-order valence-corrected chi connectivity index (χ1v) is 54.2. The molecule has 121 heavy (non-hydrogen) atoms. The molecule has 4 aliphatic heterocycles. The third-order valence-electron chi connectivity index (χ3n) is 22.1. The van der Waals surface area contributed by atoms with E-state index in [1.54, 1.807) is 0 Å². The van der Waals surface area contributed by atoms with Crippen LogP contribution in [-0.2, 0) is 26.7 Å². The maximum Gasteiger partial charge on any atom is 0.0594 e. The number of ether oxygens (including phenoxy) is 2. The number of morpholine rings is 2. The molecule has 14 nitrogen and oxygen atoms in total. The lowest BCUT2D eigenvalue weighted by Crippen LogP contribution is -2.38. The SMILES string of the molecule is CN(C)CCCN(CCCSCc1ccccc1)c1ccccc1.CSCCCN(C)CCCN(C)C.CSCCCN(C)CCCN1CCCC1.CSCCCN(C)CCCN1CCOCC1.c1ccc(CSCCCN(CCCN2CCCC2)c2ccccc2)cc1.c1ccc(CSCCCN(CCCN2CCOCC2)c2ccccc2)cc1. The van der Waals surface area contributed by atoms with Gasteiger partial charge in [0.05, 0.1) is 26.4 Å². The predicted molar refractivity (Wildman–Crippen MR) is 550 cm³/mol. The fourth-order valence-corrected chi connectivity index (χ4v) is 19.1. The van der Waals surface area contributed by atoms with Crippen molar-refractivity contribution in [1.29, 1.82) is 0 Å². The highest BCUT2D eigenvalue weighted by molar-refractivity contribution is 7.99. The molecule has 0 aromatic heterocycles. The number of para-hydroxylation sites is 3. The van der Waals surface area contributed by atoms with Crippen LogP contribution in [0.3, 0.4) is 0 Å². The number of rotatable bonds is 57. The van der Waals surface area contributed by atoms with Gasteiger partial charge in [-0.3, -0.25) is 9.80 Å². The molecule has 0 N–H and O–H groups in total. The summed E-state index contributed by atoms with van der Waals surface area (Å²) in [6, 6.07) is 65.0. The van der Waals surface area contributed by atoms with Crippen LogP contribution in [0, 0.1) is 0 Å². The number of benzene rings is 6. The van der Waals surface area contributed by atoms with Gasteiger partial charge in [-0.25, -0.2) is 0 Å². The van der Waals surface area contributed by atoms with Crippen molar-refractivity contribution in [2.75, 3.05) is 314 Å². The lowest BCUT2D eigenvalue weighted by Gasteiger charge is -2.29. The molecule has 4 heterocycles. The van der Waals surface area contributed by atoms with Gasteiger partial charge >= 0.3 is 0 Å². The summed E-state index contributed by atoms with van der Waals surface area (Å²) in [5, 5.41) is 0. The highest BCUT2D eigenvalue weighted by Crippen LogP contribution is 2.22. The molecule has 0 atom stereocenters. The van der Waals surface area contributed by atoms with Crippen molar-refractivity contribution >= 4 is 87.6 Å². The zero-order valence-corrected chi connectivity index (χ0v) is 82.7. The van der Waals surface area contributed by atoms with Crippen LogP contribution in [0.4, 0.5) is 17.1 Å². The first-order valence-electron chi connectivity index (χ1n) is 46.5. The Labute approximate surface area is 768 Å². The molecule has 0 radical (unpaired) electrons. The molecule has 0 amide bonds. The van der Waals surface area contributed by atoms with Gasteiger partial charge < -0.3 is 58.5 Å². The second kappa shape index (κ2) is 75.4. The largest absolute Gasteiger partial charge is 0.379 e. The topological polar surface area (TPSA) is 57.3 Å². The van der Waals surface area contributed by atoms with Crippen LogP contribution >= 0.6 is 70.6 Å². The van der Waals surface area contributed by atoms with E-state index in [1.165, 1.54) is 276 Å². The van der Waals surface area contributed by atoms with Crippen LogP contribution in [0.5, 0.6) is 0 Å². The van der Waals surface area contributed by atoms with E-state index >= 15 is 0 Å². The molecule has 4 fully saturated rings. The second-order valence-electron chi connectivity index (χ2n) is 33.3. The van der Waals surface area contributed by atoms with Crippen LogP contribution in [0.15, 0.2) is 182 Å². The van der Waals surface area contributed by atoms with Crippen LogP contribution < -0.4 is 14.7 Å². The minimum atomic E-state index is 0.890. The molecule has 0 spiro atoms. The quantitative estimate of drug-likeness (QED) is 0.0340. The van der Waals surface area contributed by atoms with Crippen LogP contribution in [0.1, 0.15) is 119 Å². The third-order valence-corrected chi connectivity index (χ3v) is 27.6. The first kappa shape index (κ1) is 108. The van der Waals surface area contributed by atoms with Gasteiger partial charge in [-0.1, -0.05) is 146 Å². The maximum absolute atomic E-state index is 5.45. The van der Waals surface area contributed by atoms with Gasteiger partial charge in [0, 0.05) is 106 Å². The van der Waals surface area contributed by atoms with Crippen LogP contribution in [-0.4, -0.2) is 343 Å². The number of likely N-dealkylation sites (tertiary alicyclic amines) is 2. The summed E-state index contributed by atoms with van der Waals surface area (Å²) in [7, 11) is 15.3. The lowest BCUT2D eigenvalue weighted by atomic mass is 10.2. The molecule has 4 aliphatic rings. The summed E-state index contributed by atoms with van der Waals surface area (Å²) in [6.45, 7) is 35.0. The van der Waals surface area contributed by atoms with Crippen molar-refractivity contribution in [2.24, 2.45) is 0 Å². The molecular weight excluding hydrogens is 1610 g/mol. The molecule has 0 aliphatic carbocycles. The molecule has 0 saturated carbocycles. The smallest absolute Gasteiger partial charge is 0.0594 e. The lowest BCUT2D eigenvalue weighted by molar-refractivity contribution is 0.0364. The fourth-order valence-electron chi connectivity index (χ4n) is 15.2. The Morgan fingerprint density at radius 3 is 0.752 bits per heavy atom. The van der Waals surface area contributed by atoms with Gasteiger partial charge in [0.25, 0.3) is 0 Å². The summed E-state index contributed by atoms with van der Waals surface area (Å²) < 4.78 is 10.8.